The van der Waals surface area contributed by atoms with Gasteiger partial charge in [-0.15, -0.1) is 11.6 Å². The summed E-state index contributed by atoms with van der Waals surface area (Å²) in [5, 5.41) is 15.9. The Morgan fingerprint density at radius 1 is 0.636 bits per heavy atom. The number of pyridine rings is 2. The van der Waals surface area contributed by atoms with Gasteiger partial charge in [0.15, 0.2) is 11.6 Å². The third kappa shape index (κ3) is 14.5. The summed E-state index contributed by atoms with van der Waals surface area (Å²) < 4.78 is 21.6. The number of carbonyl (C=O) groups excluding carboxylic acids is 2. The van der Waals surface area contributed by atoms with Gasteiger partial charge in [0.25, 0.3) is 0 Å². The predicted octanol–water partition coefficient (Wildman–Crippen LogP) is 8.82. The molecule has 2 amide bonds. The molecule has 0 radical (unpaired) electrons. The number of aromatic nitrogens is 4. The van der Waals surface area contributed by atoms with Crippen LogP contribution in [0.1, 0.15) is 53.1 Å². The normalized spacial score (nSPS) is 10.8. The lowest BCUT2D eigenvalue weighted by Crippen LogP contribution is -2.21. The van der Waals surface area contributed by atoms with Crippen LogP contribution >= 0.6 is 11.6 Å². The number of nitrogens with zero attached hydrogens (tertiary/aromatic N) is 4. The smallest absolute Gasteiger partial charge is 0.244 e. The summed E-state index contributed by atoms with van der Waals surface area (Å²) in [5.74, 6) is 4.63. The quantitative estimate of drug-likeness (QED) is 0.0766. The monoisotopic (exact) mass is 768 g/mol. The summed E-state index contributed by atoms with van der Waals surface area (Å²) in [4.78, 5) is 30.8. The maximum absolute atomic E-state index is 12.1. The largest absolute Gasteiger partial charge is 0.457 e. The number of hydrogen-bond donors (Lipinski definition) is 4. The van der Waals surface area contributed by atoms with Gasteiger partial charge in [0, 0.05) is 59.1 Å². The average Bonchev–Trinajstić information content (AvgIpc) is 3.84. The molecule has 55 heavy (non-hydrogen) atoms. The van der Waals surface area contributed by atoms with Crippen LogP contribution in [0.4, 0.5) is 23.0 Å². The standard InChI is InChI=1S/C20H22N4O3.C11H10N2O.C9H13ClN2O2/c1-20(2,3)17-12-18(24-27-17)23-19(25)13-22-14-4-6-15(7-5-14)26-16-8-10-21-11-9-16;12-9-1-3-10(4-2-9)14-11-5-7-13-8-6-11;1-9(2,3)6-4-7(12-14-6)11-8(13)5-10/h4-12,22H,13H2,1-3H3,(H,23,24,25);1-8H,12H2;4H,5H2,1-3H3,(H,11,12,13). The second kappa shape index (κ2) is 19.6. The Hall–Kier alpha value is -6.41. The van der Waals surface area contributed by atoms with Crippen LogP contribution in [0.25, 0.3) is 0 Å². The van der Waals surface area contributed by atoms with Crippen LogP contribution in [-0.4, -0.2) is 44.5 Å². The van der Waals surface area contributed by atoms with Crippen molar-refractivity contribution in [1.29, 1.82) is 0 Å². The molecule has 14 nitrogen and oxygen atoms in total. The molecule has 0 aliphatic carbocycles. The maximum atomic E-state index is 12.1. The first-order valence-corrected chi connectivity index (χ1v) is 17.7. The van der Waals surface area contributed by atoms with Gasteiger partial charge in [-0.25, -0.2) is 0 Å². The van der Waals surface area contributed by atoms with Crippen molar-refractivity contribution >= 4 is 46.4 Å². The Morgan fingerprint density at radius 3 is 1.44 bits per heavy atom. The molecule has 0 aliphatic rings. The van der Waals surface area contributed by atoms with Gasteiger partial charge in [0.2, 0.25) is 11.8 Å². The second-order valence-electron chi connectivity index (χ2n) is 13.9. The van der Waals surface area contributed by atoms with Gasteiger partial charge in [-0.1, -0.05) is 51.9 Å². The minimum atomic E-state index is -0.291. The molecule has 0 unspecified atom stereocenters. The van der Waals surface area contributed by atoms with Crippen molar-refractivity contribution in [3.05, 3.63) is 121 Å². The zero-order valence-corrected chi connectivity index (χ0v) is 32.3. The van der Waals surface area contributed by atoms with E-state index in [2.05, 4.69) is 36.2 Å². The van der Waals surface area contributed by atoms with Crippen molar-refractivity contribution < 1.29 is 28.1 Å². The summed E-state index contributed by atoms with van der Waals surface area (Å²) in [5.41, 5.74) is 6.82. The van der Waals surface area contributed by atoms with Crippen molar-refractivity contribution in [3.8, 4) is 23.0 Å². The predicted molar refractivity (Wildman–Crippen MR) is 213 cm³/mol. The first-order chi connectivity index (χ1) is 26.2. The minimum absolute atomic E-state index is 0.0856. The van der Waals surface area contributed by atoms with Gasteiger partial charge in [-0.2, -0.15) is 0 Å². The number of carbonyl (C=O) groups is 2. The van der Waals surface area contributed by atoms with Crippen molar-refractivity contribution in [3.63, 3.8) is 0 Å². The van der Waals surface area contributed by atoms with Crippen LogP contribution in [0.3, 0.4) is 0 Å². The van der Waals surface area contributed by atoms with E-state index in [1.807, 2.05) is 77.9 Å². The molecule has 6 rings (SSSR count). The lowest BCUT2D eigenvalue weighted by molar-refractivity contribution is -0.115. The molecule has 0 saturated heterocycles. The molecule has 288 valence electrons. The minimum Gasteiger partial charge on any atom is -0.457 e. The van der Waals surface area contributed by atoms with Gasteiger partial charge < -0.3 is 40.2 Å². The number of ether oxygens (including phenoxy) is 2. The fraction of sp³-hybridized carbons (Fsp3) is 0.250. The third-order valence-electron chi connectivity index (χ3n) is 7.11. The first kappa shape index (κ1) is 41.3. The van der Waals surface area contributed by atoms with E-state index in [1.54, 1.807) is 73.3 Å². The van der Waals surface area contributed by atoms with Gasteiger partial charge in [-0.3, -0.25) is 19.6 Å². The number of anilines is 4. The van der Waals surface area contributed by atoms with Crippen molar-refractivity contribution in [1.82, 2.24) is 20.3 Å². The Morgan fingerprint density at radius 2 is 1.04 bits per heavy atom. The number of rotatable bonds is 10. The summed E-state index contributed by atoms with van der Waals surface area (Å²) >= 11 is 5.33. The lowest BCUT2D eigenvalue weighted by Gasteiger charge is -2.12. The molecule has 0 saturated carbocycles. The van der Waals surface area contributed by atoms with E-state index < -0.39 is 0 Å². The molecule has 5 N–H and O–H groups in total. The molecule has 0 aliphatic heterocycles. The van der Waals surface area contributed by atoms with Gasteiger partial charge >= 0.3 is 0 Å². The van der Waals surface area contributed by atoms with Crippen LogP contribution in [0.15, 0.2) is 119 Å². The molecule has 0 atom stereocenters. The molecule has 0 bridgehead atoms. The average molecular weight is 769 g/mol. The van der Waals surface area contributed by atoms with Crippen LogP contribution in [0.5, 0.6) is 23.0 Å². The number of alkyl halides is 1. The highest BCUT2D eigenvalue weighted by atomic mass is 35.5. The number of nitrogens with two attached hydrogens (primary N) is 1. The Kier molecular flexibility index (Phi) is 14.7. The number of benzene rings is 2. The molecule has 4 heterocycles. The van der Waals surface area contributed by atoms with E-state index in [4.69, 9.17) is 35.9 Å². The van der Waals surface area contributed by atoms with E-state index in [-0.39, 0.29) is 35.1 Å². The van der Waals surface area contributed by atoms with E-state index in [0.29, 0.717) is 23.1 Å². The van der Waals surface area contributed by atoms with Crippen molar-refractivity contribution in [2.24, 2.45) is 0 Å². The molecule has 4 aromatic heterocycles. The highest BCUT2D eigenvalue weighted by Crippen LogP contribution is 2.26. The van der Waals surface area contributed by atoms with Crippen molar-refractivity contribution in [2.45, 2.75) is 52.4 Å². The highest BCUT2D eigenvalue weighted by molar-refractivity contribution is 6.29. The summed E-state index contributed by atoms with van der Waals surface area (Å²) in [6.07, 6.45) is 6.71. The molecule has 6 aromatic rings. The Labute approximate surface area is 324 Å². The summed E-state index contributed by atoms with van der Waals surface area (Å²) in [6, 6.07) is 25.2. The summed E-state index contributed by atoms with van der Waals surface area (Å²) in [7, 11) is 0. The SMILES string of the molecule is CC(C)(C)c1cc(NC(=O)CCl)no1.CC(C)(C)c1cc(NC(=O)CNc2ccc(Oc3ccncc3)cc2)no1.Nc1ccc(Oc2ccncc2)cc1. The van der Waals surface area contributed by atoms with Crippen molar-refractivity contribution in [2.75, 3.05) is 34.1 Å². The number of nitrogens with one attached hydrogen (secondary N) is 3. The molecule has 2 aromatic carbocycles. The molecule has 15 heteroatoms. The Bertz CT molecular complexity index is 2060. The van der Waals surface area contributed by atoms with Crippen LogP contribution in [0, 0.1) is 0 Å². The Balaban J connectivity index is 0.000000202. The number of amides is 2. The zero-order chi connectivity index (χ0) is 39.8. The molecule has 0 spiro atoms. The zero-order valence-electron chi connectivity index (χ0n) is 31.5. The van der Waals surface area contributed by atoms with E-state index in [0.717, 1.165) is 34.4 Å². The summed E-state index contributed by atoms with van der Waals surface area (Å²) in [6.45, 7) is 12.2. The second-order valence-corrected chi connectivity index (χ2v) is 14.2. The molecular formula is C40H45ClN8O6. The van der Waals surface area contributed by atoms with E-state index in [1.165, 1.54) is 0 Å². The molecular weight excluding hydrogens is 724 g/mol. The first-order valence-electron chi connectivity index (χ1n) is 17.1. The number of hydrogen-bond acceptors (Lipinski definition) is 12. The fourth-order valence-electron chi connectivity index (χ4n) is 4.18. The van der Waals surface area contributed by atoms with Crippen LogP contribution in [-0.2, 0) is 20.4 Å². The highest BCUT2D eigenvalue weighted by Gasteiger charge is 2.21. The van der Waals surface area contributed by atoms with Crippen LogP contribution in [0.2, 0.25) is 0 Å². The molecule has 0 fully saturated rings. The van der Waals surface area contributed by atoms with E-state index >= 15 is 0 Å². The van der Waals surface area contributed by atoms with Gasteiger partial charge in [0.1, 0.15) is 40.4 Å². The van der Waals surface area contributed by atoms with E-state index in [9.17, 15) is 9.59 Å². The number of nitrogen functional groups attached to an aromatic ring is 1. The third-order valence-corrected chi connectivity index (χ3v) is 7.36. The lowest BCUT2D eigenvalue weighted by atomic mass is 9.93. The fourth-order valence-corrected chi connectivity index (χ4v) is 4.25. The topological polar surface area (TPSA) is 193 Å². The van der Waals surface area contributed by atoms with Crippen LogP contribution < -0.4 is 31.2 Å². The number of halogens is 1. The van der Waals surface area contributed by atoms with Gasteiger partial charge in [0.05, 0.1) is 6.54 Å². The van der Waals surface area contributed by atoms with Gasteiger partial charge in [-0.05, 0) is 72.8 Å². The maximum Gasteiger partial charge on any atom is 0.244 e.